The van der Waals surface area contributed by atoms with Crippen molar-refractivity contribution in [1.29, 1.82) is 0 Å². The van der Waals surface area contributed by atoms with Gasteiger partial charge in [-0.1, -0.05) is 0 Å². The average Bonchev–Trinajstić information content (AvgIpc) is 3.18. The van der Waals surface area contributed by atoms with Crippen LogP contribution in [-0.4, -0.2) is 70.0 Å². The van der Waals surface area contributed by atoms with Crippen molar-refractivity contribution in [2.45, 2.75) is 56.3 Å². The molecule has 4 saturated carbocycles. The number of nitrogens with zero attached hydrogens (tertiary/aromatic N) is 3. The van der Waals surface area contributed by atoms with E-state index in [0.29, 0.717) is 42.4 Å². The van der Waals surface area contributed by atoms with E-state index in [-0.39, 0.29) is 18.2 Å². The molecule has 1 aliphatic heterocycles. The summed E-state index contributed by atoms with van der Waals surface area (Å²) in [5.41, 5.74) is -0.231. The lowest BCUT2D eigenvalue weighted by atomic mass is 9.53. The lowest BCUT2D eigenvalue weighted by molar-refractivity contribution is -0.177. The maximum absolute atomic E-state index is 12.8. The zero-order chi connectivity index (χ0) is 20.9. The number of esters is 1. The number of ether oxygens (including phenoxy) is 2. The fraction of sp³-hybridized carbons (Fsp3) is 0.714. The molecule has 9 heteroatoms. The van der Waals surface area contributed by atoms with Crippen LogP contribution in [0.2, 0.25) is 0 Å². The number of likely N-dealkylation sites (tertiary alicyclic amines) is 1. The second kappa shape index (κ2) is 7.37. The van der Waals surface area contributed by atoms with Gasteiger partial charge in [0.1, 0.15) is 6.10 Å². The first-order chi connectivity index (χ1) is 14.4. The van der Waals surface area contributed by atoms with E-state index in [1.807, 2.05) is 0 Å². The molecule has 0 radical (unpaired) electrons. The SMILES string of the molecule is COC(=O)c1cnc(N[C@@H]2CCN(C(=O)OC3C4CC5C[C@H]3CC(O)(C5)C4)C2)nc1. The van der Waals surface area contributed by atoms with Crippen molar-refractivity contribution in [3.05, 3.63) is 18.0 Å². The molecule has 6 atom stereocenters. The van der Waals surface area contributed by atoms with Crippen LogP contribution in [0.15, 0.2) is 12.4 Å². The molecule has 1 aromatic heterocycles. The van der Waals surface area contributed by atoms with E-state index >= 15 is 0 Å². The minimum Gasteiger partial charge on any atom is -0.465 e. The second-order valence-electron chi connectivity index (χ2n) is 9.41. The van der Waals surface area contributed by atoms with Crippen LogP contribution in [0, 0.1) is 17.8 Å². The number of aromatic nitrogens is 2. The summed E-state index contributed by atoms with van der Waals surface area (Å²) < 4.78 is 10.6. The number of hydrogen-bond donors (Lipinski definition) is 2. The van der Waals surface area contributed by atoms with E-state index in [0.717, 1.165) is 38.5 Å². The molecule has 162 valence electrons. The smallest absolute Gasteiger partial charge is 0.410 e. The maximum atomic E-state index is 12.8. The van der Waals surface area contributed by atoms with Gasteiger partial charge >= 0.3 is 12.1 Å². The lowest BCUT2D eigenvalue weighted by Crippen LogP contribution is -2.58. The summed E-state index contributed by atoms with van der Waals surface area (Å²) in [6.45, 7) is 1.14. The predicted octanol–water partition coefficient (Wildman–Crippen LogP) is 1.83. The van der Waals surface area contributed by atoms with Crippen LogP contribution in [0.4, 0.5) is 10.7 Å². The van der Waals surface area contributed by atoms with Gasteiger partial charge < -0.3 is 24.8 Å². The van der Waals surface area contributed by atoms with Gasteiger partial charge in [0, 0.05) is 31.5 Å². The number of anilines is 1. The number of aliphatic hydroxyl groups is 1. The molecule has 0 spiro atoms. The average molecular weight is 416 g/mol. The normalized spacial score (nSPS) is 36.6. The Kier molecular flexibility index (Phi) is 4.80. The molecule has 4 aliphatic carbocycles. The first-order valence-corrected chi connectivity index (χ1v) is 10.8. The molecule has 4 bridgehead atoms. The van der Waals surface area contributed by atoms with Crippen LogP contribution in [0.3, 0.4) is 0 Å². The number of amides is 1. The summed E-state index contributed by atoms with van der Waals surface area (Å²) >= 11 is 0. The van der Waals surface area contributed by atoms with Crippen LogP contribution < -0.4 is 5.32 Å². The van der Waals surface area contributed by atoms with Crippen molar-refractivity contribution < 1.29 is 24.2 Å². The van der Waals surface area contributed by atoms with Crippen LogP contribution in [-0.2, 0) is 9.47 Å². The minimum absolute atomic E-state index is 0.0285. The molecule has 1 aromatic rings. The molecule has 2 N–H and O–H groups in total. The van der Waals surface area contributed by atoms with Crippen molar-refractivity contribution in [2.75, 3.05) is 25.5 Å². The molecule has 6 rings (SSSR count). The van der Waals surface area contributed by atoms with Gasteiger partial charge in [0.25, 0.3) is 0 Å². The second-order valence-corrected chi connectivity index (χ2v) is 9.41. The first-order valence-electron chi connectivity index (χ1n) is 10.8. The fourth-order valence-electron chi connectivity index (χ4n) is 6.17. The van der Waals surface area contributed by atoms with Crippen LogP contribution in [0.25, 0.3) is 0 Å². The van der Waals surface area contributed by atoms with E-state index < -0.39 is 11.6 Å². The Morgan fingerprint density at radius 1 is 1.20 bits per heavy atom. The molecule has 30 heavy (non-hydrogen) atoms. The summed E-state index contributed by atoms with van der Waals surface area (Å²) in [7, 11) is 1.31. The van der Waals surface area contributed by atoms with Gasteiger partial charge in [-0.2, -0.15) is 0 Å². The predicted molar refractivity (Wildman–Crippen MR) is 106 cm³/mol. The van der Waals surface area contributed by atoms with Gasteiger partial charge in [0.05, 0.1) is 18.3 Å². The number of carbonyl (C=O) groups excluding carboxylic acids is 2. The molecule has 5 aliphatic rings. The van der Waals surface area contributed by atoms with E-state index in [4.69, 9.17) is 4.74 Å². The lowest BCUT2D eigenvalue weighted by Gasteiger charge is -2.57. The van der Waals surface area contributed by atoms with Crippen molar-refractivity contribution >= 4 is 18.0 Å². The number of methoxy groups -OCH3 is 1. The standard InChI is InChI=1S/C21H28N4O5/c1-29-18(26)15-9-22-19(23-10-15)24-16-2-3-25(11-16)20(27)30-17-13-4-12-5-14(17)8-21(28,6-12)7-13/h9-10,12-14,16-17,28H,2-8,11H2,1H3,(H,22,23,24)/t12?,13-,14?,16+,17?,21?/m0/s1. The van der Waals surface area contributed by atoms with Crippen molar-refractivity contribution in [3.63, 3.8) is 0 Å². The molecular weight excluding hydrogens is 388 g/mol. The Balaban J connectivity index is 1.15. The quantitative estimate of drug-likeness (QED) is 0.715. The third kappa shape index (κ3) is 3.59. The van der Waals surface area contributed by atoms with Gasteiger partial charge in [-0.15, -0.1) is 0 Å². The summed E-state index contributed by atoms with van der Waals surface area (Å²) in [5, 5.41) is 13.9. The highest BCUT2D eigenvalue weighted by molar-refractivity contribution is 5.88. The molecule has 5 fully saturated rings. The Morgan fingerprint density at radius 3 is 2.53 bits per heavy atom. The molecule has 1 amide bonds. The molecule has 9 nitrogen and oxygen atoms in total. The van der Waals surface area contributed by atoms with Gasteiger partial charge in [0.15, 0.2) is 0 Å². The largest absolute Gasteiger partial charge is 0.465 e. The van der Waals surface area contributed by atoms with Gasteiger partial charge in [0.2, 0.25) is 5.95 Å². The third-order valence-electron chi connectivity index (χ3n) is 7.24. The van der Waals surface area contributed by atoms with E-state index in [1.165, 1.54) is 19.5 Å². The topological polar surface area (TPSA) is 114 Å². The first kappa shape index (κ1) is 19.5. The highest BCUT2D eigenvalue weighted by atomic mass is 16.6. The number of carbonyl (C=O) groups is 2. The van der Waals surface area contributed by atoms with Crippen LogP contribution in [0.5, 0.6) is 0 Å². The van der Waals surface area contributed by atoms with Crippen molar-refractivity contribution in [3.8, 4) is 0 Å². The molecule has 1 saturated heterocycles. The van der Waals surface area contributed by atoms with Crippen LogP contribution >= 0.6 is 0 Å². The minimum atomic E-state index is -0.522. The van der Waals surface area contributed by atoms with Gasteiger partial charge in [-0.3, -0.25) is 0 Å². The van der Waals surface area contributed by atoms with Crippen LogP contribution in [0.1, 0.15) is 48.9 Å². The number of nitrogens with one attached hydrogen (secondary N) is 1. The summed E-state index contributed by atoms with van der Waals surface area (Å²) in [6.07, 6.45) is 7.88. The molecule has 2 heterocycles. The van der Waals surface area contributed by atoms with E-state index in [1.54, 1.807) is 4.90 Å². The molecule has 0 aromatic carbocycles. The summed E-state index contributed by atoms with van der Waals surface area (Å²) in [5.74, 6) is 1.12. The molecule has 4 unspecified atom stereocenters. The van der Waals surface area contributed by atoms with Crippen molar-refractivity contribution in [1.82, 2.24) is 14.9 Å². The van der Waals surface area contributed by atoms with Gasteiger partial charge in [-0.25, -0.2) is 19.6 Å². The summed E-state index contributed by atoms with van der Waals surface area (Å²) in [4.78, 5) is 34.3. The fourth-order valence-corrected chi connectivity index (χ4v) is 6.17. The zero-order valence-corrected chi connectivity index (χ0v) is 17.1. The summed E-state index contributed by atoms with van der Waals surface area (Å²) in [6, 6.07) is 0.0285. The van der Waals surface area contributed by atoms with E-state index in [2.05, 4.69) is 20.0 Å². The Morgan fingerprint density at radius 2 is 1.90 bits per heavy atom. The Hall–Kier alpha value is -2.42. The highest BCUT2D eigenvalue weighted by Crippen LogP contribution is 2.56. The maximum Gasteiger partial charge on any atom is 0.410 e. The van der Waals surface area contributed by atoms with E-state index in [9.17, 15) is 14.7 Å². The Bertz CT molecular complexity index is 815. The zero-order valence-electron chi connectivity index (χ0n) is 17.1. The third-order valence-corrected chi connectivity index (χ3v) is 7.24. The molecular formula is C21H28N4O5. The van der Waals surface area contributed by atoms with Crippen molar-refractivity contribution in [2.24, 2.45) is 17.8 Å². The Labute approximate surface area is 175 Å². The van der Waals surface area contributed by atoms with Gasteiger partial charge in [-0.05, 0) is 56.3 Å². The number of rotatable bonds is 4. The number of hydrogen-bond acceptors (Lipinski definition) is 8. The highest BCUT2D eigenvalue weighted by Gasteiger charge is 2.56. The monoisotopic (exact) mass is 416 g/mol.